The molecule has 0 bridgehead atoms. The highest BCUT2D eigenvalue weighted by Crippen LogP contribution is 2.16. The van der Waals surface area contributed by atoms with Crippen LogP contribution in [0.4, 0.5) is 21.0 Å². The number of nitrogens with one attached hydrogen (secondary N) is 3. The second-order valence-electron chi connectivity index (χ2n) is 7.35. The Kier molecular flexibility index (Phi) is 6.82. The molecule has 1 unspecified atom stereocenters. The molecule has 2 aromatic rings. The number of benzene rings is 2. The van der Waals surface area contributed by atoms with E-state index in [1.54, 1.807) is 45.0 Å². The lowest BCUT2D eigenvalue weighted by Gasteiger charge is -2.19. The number of amides is 3. The minimum absolute atomic E-state index is 0.220. The zero-order chi connectivity index (χ0) is 19.9. The van der Waals surface area contributed by atoms with Crippen LogP contribution >= 0.6 is 0 Å². The van der Waals surface area contributed by atoms with Gasteiger partial charge < -0.3 is 15.4 Å². The highest BCUT2D eigenvalue weighted by molar-refractivity contribution is 5.90. The van der Waals surface area contributed by atoms with Crippen LogP contribution in [0.1, 0.15) is 39.2 Å². The minimum atomic E-state index is -0.555. The van der Waals surface area contributed by atoms with Gasteiger partial charge in [-0.05, 0) is 56.5 Å². The molecule has 0 heterocycles. The molecule has 1 atom stereocenters. The topological polar surface area (TPSA) is 79.5 Å². The van der Waals surface area contributed by atoms with Crippen molar-refractivity contribution < 1.29 is 14.3 Å². The Bertz CT molecular complexity index is 752. The van der Waals surface area contributed by atoms with Gasteiger partial charge in [0.2, 0.25) is 0 Å². The Hall–Kier alpha value is -3.02. The van der Waals surface area contributed by atoms with Crippen LogP contribution in [-0.4, -0.2) is 24.3 Å². The summed E-state index contributed by atoms with van der Waals surface area (Å²) < 4.78 is 5.20. The zero-order valence-electron chi connectivity index (χ0n) is 16.2. The summed E-state index contributed by atoms with van der Waals surface area (Å²) in [5.41, 5.74) is 1.85. The number of hydrogen-bond donors (Lipinski definition) is 3. The average molecular weight is 369 g/mol. The first-order chi connectivity index (χ1) is 12.7. The second-order valence-corrected chi connectivity index (χ2v) is 7.35. The standard InChI is InChI=1S/C21H27N3O3/c1-15(16-8-6-5-7-9-16)14-22-19(25)23-17-10-12-18(13-11-17)24-20(26)27-21(2,3)4/h5-13,15H,14H2,1-4H3,(H,24,26)(H2,22,23,25). The molecular weight excluding hydrogens is 342 g/mol. The highest BCUT2D eigenvalue weighted by atomic mass is 16.6. The molecule has 144 valence electrons. The third-order valence-electron chi connectivity index (χ3n) is 3.73. The van der Waals surface area contributed by atoms with E-state index in [1.807, 2.05) is 30.3 Å². The van der Waals surface area contributed by atoms with Crippen molar-refractivity contribution in [2.45, 2.75) is 39.2 Å². The fourth-order valence-electron chi connectivity index (χ4n) is 2.38. The van der Waals surface area contributed by atoms with Crippen molar-refractivity contribution in [3.8, 4) is 0 Å². The Balaban J connectivity index is 1.80. The lowest BCUT2D eigenvalue weighted by Crippen LogP contribution is -2.31. The highest BCUT2D eigenvalue weighted by Gasteiger charge is 2.16. The number of carbonyl (C=O) groups is 2. The van der Waals surface area contributed by atoms with Gasteiger partial charge in [-0.15, -0.1) is 0 Å². The van der Waals surface area contributed by atoms with E-state index < -0.39 is 11.7 Å². The molecule has 0 aromatic heterocycles. The SMILES string of the molecule is CC(CNC(=O)Nc1ccc(NC(=O)OC(C)(C)C)cc1)c1ccccc1. The van der Waals surface area contributed by atoms with Crippen molar-refractivity contribution in [1.29, 1.82) is 0 Å². The van der Waals surface area contributed by atoms with Crippen LogP contribution in [0.25, 0.3) is 0 Å². The molecule has 3 N–H and O–H groups in total. The van der Waals surface area contributed by atoms with E-state index in [0.29, 0.717) is 17.9 Å². The van der Waals surface area contributed by atoms with Gasteiger partial charge in [-0.1, -0.05) is 37.3 Å². The molecule has 0 saturated carbocycles. The van der Waals surface area contributed by atoms with Gasteiger partial charge in [-0.3, -0.25) is 5.32 Å². The molecule has 0 aliphatic heterocycles. The first-order valence-corrected chi connectivity index (χ1v) is 8.93. The third kappa shape index (κ3) is 7.40. The van der Waals surface area contributed by atoms with Crippen LogP contribution in [0.15, 0.2) is 54.6 Å². The molecule has 3 amide bonds. The number of rotatable bonds is 5. The fraction of sp³-hybridized carbons (Fsp3) is 0.333. The van der Waals surface area contributed by atoms with E-state index in [9.17, 15) is 9.59 Å². The van der Waals surface area contributed by atoms with Crippen LogP contribution < -0.4 is 16.0 Å². The molecule has 2 rings (SSSR count). The second kappa shape index (κ2) is 9.07. The summed E-state index contributed by atoms with van der Waals surface area (Å²) in [6.07, 6.45) is -0.518. The van der Waals surface area contributed by atoms with Crippen LogP contribution in [-0.2, 0) is 4.74 Å². The van der Waals surface area contributed by atoms with Gasteiger partial charge >= 0.3 is 12.1 Å². The molecular formula is C21H27N3O3. The largest absolute Gasteiger partial charge is 0.444 e. The fourth-order valence-corrected chi connectivity index (χ4v) is 2.38. The molecule has 0 saturated heterocycles. The minimum Gasteiger partial charge on any atom is -0.444 e. The Morgan fingerprint density at radius 2 is 1.48 bits per heavy atom. The van der Waals surface area contributed by atoms with Crippen molar-refractivity contribution in [3.05, 3.63) is 60.2 Å². The van der Waals surface area contributed by atoms with Gasteiger partial charge in [0.05, 0.1) is 0 Å². The number of carbonyl (C=O) groups excluding carboxylic acids is 2. The first-order valence-electron chi connectivity index (χ1n) is 8.93. The summed E-state index contributed by atoms with van der Waals surface area (Å²) in [5.74, 6) is 0.220. The predicted molar refractivity (Wildman–Crippen MR) is 108 cm³/mol. The normalized spacial score (nSPS) is 12.0. The molecule has 2 aromatic carbocycles. The summed E-state index contributed by atoms with van der Waals surface area (Å²) >= 11 is 0. The molecule has 0 radical (unpaired) electrons. The van der Waals surface area contributed by atoms with E-state index in [0.717, 1.165) is 0 Å². The van der Waals surface area contributed by atoms with Gasteiger partial charge in [0.25, 0.3) is 0 Å². The van der Waals surface area contributed by atoms with E-state index in [1.165, 1.54) is 5.56 Å². The Morgan fingerprint density at radius 1 is 0.926 bits per heavy atom. The number of urea groups is 1. The number of hydrogen-bond acceptors (Lipinski definition) is 3. The smallest absolute Gasteiger partial charge is 0.412 e. The lowest BCUT2D eigenvalue weighted by atomic mass is 10.0. The predicted octanol–water partition coefficient (Wildman–Crippen LogP) is 4.96. The molecule has 27 heavy (non-hydrogen) atoms. The number of anilines is 2. The molecule has 0 fully saturated rings. The molecule has 0 aliphatic carbocycles. The molecule has 6 nitrogen and oxygen atoms in total. The van der Waals surface area contributed by atoms with E-state index in [-0.39, 0.29) is 11.9 Å². The maximum atomic E-state index is 12.1. The Labute approximate surface area is 160 Å². The summed E-state index contributed by atoms with van der Waals surface area (Å²) in [6, 6.07) is 16.6. The summed E-state index contributed by atoms with van der Waals surface area (Å²) in [6.45, 7) is 8.01. The molecule has 0 spiro atoms. The van der Waals surface area contributed by atoms with Gasteiger partial charge in [0.15, 0.2) is 0 Å². The van der Waals surface area contributed by atoms with Gasteiger partial charge in [-0.2, -0.15) is 0 Å². The molecule has 6 heteroatoms. The maximum Gasteiger partial charge on any atom is 0.412 e. The van der Waals surface area contributed by atoms with Crippen molar-refractivity contribution in [3.63, 3.8) is 0 Å². The van der Waals surface area contributed by atoms with Crippen LogP contribution in [0, 0.1) is 0 Å². The molecule has 0 aliphatic rings. The van der Waals surface area contributed by atoms with Crippen molar-refractivity contribution >= 4 is 23.5 Å². The van der Waals surface area contributed by atoms with Crippen LogP contribution in [0.3, 0.4) is 0 Å². The van der Waals surface area contributed by atoms with Crippen LogP contribution in [0.2, 0.25) is 0 Å². The van der Waals surface area contributed by atoms with Gasteiger partial charge in [0, 0.05) is 17.9 Å². The van der Waals surface area contributed by atoms with Crippen molar-refractivity contribution in [1.82, 2.24) is 5.32 Å². The summed E-state index contributed by atoms with van der Waals surface area (Å²) in [7, 11) is 0. The van der Waals surface area contributed by atoms with E-state index >= 15 is 0 Å². The first kappa shape index (κ1) is 20.3. The average Bonchev–Trinajstić information content (AvgIpc) is 2.60. The van der Waals surface area contributed by atoms with Gasteiger partial charge in [-0.25, -0.2) is 9.59 Å². The van der Waals surface area contributed by atoms with Crippen LogP contribution in [0.5, 0.6) is 0 Å². The maximum absolute atomic E-state index is 12.1. The van der Waals surface area contributed by atoms with Gasteiger partial charge in [0.1, 0.15) is 5.60 Å². The summed E-state index contributed by atoms with van der Waals surface area (Å²) in [5, 5.41) is 8.28. The number of ether oxygens (including phenoxy) is 1. The van der Waals surface area contributed by atoms with Crippen molar-refractivity contribution in [2.75, 3.05) is 17.2 Å². The third-order valence-corrected chi connectivity index (χ3v) is 3.73. The quantitative estimate of drug-likeness (QED) is 0.697. The summed E-state index contributed by atoms with van der Waals surface area (Å²) in [4.78, 5) is 23.8. The lowest BCUT2D eigenvalue weighted by molar-refractivity contribution is 0.0636. The van der Waals surface area contributed by atoms with E-state index in [4.69, 9.17) is 4.74 Å². The van der Waals surface area contributed by atoms with Crippen molar-refractivity contribution in [2.24, 2.45) is 0 Å². The zero-order valence-corrected chi connectivity index (χ0v) is 16.2. The van der Waals surface area contributed by atoms with E-state index in [2.05, 4.69) is 22.9 Å². The monoisotopic (exact) mass is 369 g/mol. The Morgan fingerprint density at radius 3 is 2.04 bits per heavy atom.